The molecule has 54 heavy (non-hydrogen) atoms. The molecule has 2 heterocycles. The van der Waals surface area contributed by atoms with Crippen LogP contribution in [0.25, 0.3) is 0 Å². The molecule has 8 heteroatoms. The van der Waals surface area contributed by atoms with E-state index in [2.05, 4.69) is 55.7 Å². The summed E-state index contributed by atoms with van der Waals surface area (Å²) < 4.78 is 3.81. The van der Waals surface area contributed by atoms with Gasteiger partial charge in [-0.05, 0) is 119 Å². The van der Waals surface area contributed by atoms with Gasteiger partial charge >= 0.3 is 0 Å². The molecular formula is C46H68N4O4. The number of amides is 2. The topological polar surface area (TPSA) is 102 Å². The molecule has 2 N–H and O–H groups in total. The normalized spacial score (nSPS) is 14.2. The number of nitrogens with one attached hydrogen (secondary N) is 2. The maximum Gasteiger partial charge on any atom is 0.263 e. The van der Waals surface area contributed by atoms with Crippen LogP contribution in [-0.4, -0.2) is 34.0 Å². The van der Waals surface area contributed by atoms with Gasteiger partial charge in [0.05, 0.1) is 0 Å². The standard InChI is InChI=1S/C26H36N2O2.C20H32N2O2/c1-2-3-19-28-24-17-10-5-4-9-16-22(24)20-23(26(28)30)25(29)27-18-12-11-15-21-13-7-6-8-14-21;1-3-5-13-21-19(23)17-15-16-11-9-7-8-10-12-18(16)22(20(17)24)14-6-4-2/h6-8,13-14,20H,2-5,9-12,15-19H2,1H3,(H,27,29);15H,3-14H2,1-2H3,(H,21,23). The Morgan fingerprint density at radius 3 is 1.46 bits per heavy atom. The fourth-order valence-corrected chi connectivity index (χ4v) is 7.77. The highest BCUT2D eigenvalue weighted by Gasteiger charge is 2.21. The lowest BCUT2D eigenvalue weighted by atomic mass is 9.95. The highest BCUT2D eigenvalue weighted by Crippen LogP contribution is 2.22. The van der Waals surface area contributed by atoms with Crippen LogP contribution in [0.4, 0.5) is 0 Å². The monoisotopic (exact) mass is 741 g/mol. The van der Waals surface area contributed by atoms with E-state index in [1.165, 1.54) is 53.8 Å². The van der Waals surface area contributed by atoms with Crippen LogP contribution in [-0.2, 0) is 45.2 Å². The van der Waals surface area contributed by atoms with Gasteiger partial charge in [0, 0.05) is 37.6 Å². The van der Waals surface area contributed by atoms with E-state index in [0.717, 1.165) is 122 Å². The first-order valence-corrected chi connectivity index (χ1v) is 21.5. The molecule has 2 aromatic heterocycles. The van der Waals surface area contributed by atoms with Crippen LogP contribution in [0.3, 0.4) is 0 Å². The van der Waals surface area contributed by atoms with Crippen molar-refractivity contribution in [3.63, 3.8) is 0 Å². The number of unbranched alkanes of at least 4 members (excludes halogenated alkanes) is 4. The lowest BCUT2D eigenvalue weighted by molar-refractivity contribution is 0.0942. The van der Waals surface area contributed by atoms with Gasteiger partial charge in [-0.3, -0.25) is 19.2 Å². The summed E-state index contributed by atoms with van der Waals surface area (Å²) in [6.07, 6.45) is 22.3. The molecule has 2 aliphatic rings. The summed E-state index contributed by atoms with van der Waals surface area (Å²) in [5.74, 6) is -0.418. The lowest BCUT2D eigenvalue weighted by Crippen LogP contribution is -2.36. The summed E-state index contributed by atoms with van der Waals surface area (Å²) in [4.78, 5) is 51.4. The van der Waals surface area contributed by atoms with E-state index >= 15 is 0 Å². The van der Waals surface area contributed by atoms with Crippen molar-refractivity contribution >= 4 is 11.8 Å². The van der Waals surface area contributed by atoms with Crippen molar-refractivity contribution in [3.05, 3.63) is 102 Å². The second-order valence-electron chi connectivity index (χ2n) is 15.3. The van der Waals surface area contributed by atoms with Crippen LogP contribution in [0.2, 0.25) is 0 Å². The van der Waals surface area contributed by atoms with Crippen LogP contribution in [0, 0.1) is 0 Å². The van der Waals surface area contributed by atoms with Crippen molar-refractivity contribution in [3.8, 4) is 0 Å². The third-order valence-electron chi connectivity index (χ3n) is 11.0. The molecule has 0 spiro atoms. The Morgan fingerprint density at radius 2 is 1.00 bits per heavy atom. The van der Waals surface area contributed by atoms with Crippen molar-refractivity contribution in [2.75, 3.05) is 13.1 Å². The molecule has 1 aromatic carbocycles. The van der Waals surface area contributed by atoms with Gasteiger partial charge in [-0.15, -0.1) is 0 Å². The van der Waals surface area contributed by atoms with E-state index in [9.17, 15) is 19.2 Å². The number of hydrogen-bond acceptors (Lipinski definition) is 4. The molecular weight excluding hydrogens is 673 g/mol. The largest absolute Gasteiger partial charge is 0.352 e. The molecule has 296 valence electrons. The number of nitrogens with zero attached hydrogens (tertiary/aromatic N) is 2. The minimum Gasteiger partial charge on any atom is -0.352 e. The number of rotatable bonds is 16. The molecule has 5 rings (SSSR count). The van der Waals surface area contributed by atoms with E-state index in [-0.39, 0.29) is 22.9 Å². The van der Waals surface area contributed by atoms with Crippen molar-refractivity contribution in [2.45, 2.75) is 169 Å². The van der Waals surface area contributed by atoms with Gasteiger partial charge in [0.15, 0.2) is 0 Å². The fourth-order valence-electron chi connectivity index (χ4n) is 7.77. The Kier molecular flexibility index (Phi) is 18.8. The molecule has 0 fully saturated rings. The molecule has 0 saturated carbocycles. The Balaban J connectivity index is 0.000000247. The van der Waals surface area contributed by atoms with E-state index in [4.69, 9.17) is 0 Å². The van der Waals surface area contributed by atoms with Crippen molar-refractivity contribution in [2.24, 2.45) is 0 Å². The maximum atomic E-state index is 13.2. The number of benzene rings is 1. The first-order chi connectivity index (χ1) is 26.4. The highest BCUT2D eigenvalue weighted by atomic mass is 16.2. The predicted molar refractivity (Wildman–Crippen MR) is 222 cm³/mol. The summed E-state index contributed by atoms with van der Waals surface area (Å²) in [5, 5.41) is 5.90. The molecule has 2 aliphatic carbocycles. The van der Waals surface area contributed by atoms with Crippen molar-refractivity contribution < 1.29 is 9.59 Å². The molecule has 0 aliphatic heterocycles. The zero-order valence-corrected chi connectivity index (χ0v) is 33.7. The number of aryl methyl sites for hydroxylation is 3. The number of carbonyl (C=O) groups is 2. The molecule has 0 atom stereocenters. The number of aromatic nitrogens is 2. The van der Waals surface area contributed by atoms with Gasteiger partial charge in [-0.25, -0.2) is 0 Å². The maximum absolute atomic E-state index is 13.2. The Bertz CT molecular complexity index is 1730. The van der Waals surface area contributed by atoms with Gasteiger partial charge in [0.1, 0.15) is 11.1 Å². The molecule has 0 bridgehead atoms. The summed E-state index contributed by atoms with van der Waals surface area (Å²) in [6.45, 7) is 9.06. The summed E-state index contributed by atoms with van der Waals surface area (Å²) in [7, 11) is 0. The predicted octanol–water partition coefficient (Wildman–Crippen LogP) is 8.90. The van der Waals surface area contributed by atoms with Crippen LogP contribution >= 0.6 is 0 Å². The minimum atomic E-state index is -0.213. The van der Waals surface area contributed by atoms with Crippen molar-refractivity contribution in [1.82, 2.24) is 19.8 Å². The third kappa shape index (κ3) is 12.8. The van der Waals surface area contributed by atoms with Gasteiger partial charge in [0.25, 0.3) is 22.9 Å². The van der Waals surface area contributed by atoms with Crippen LogP contribution in [0.15, 0.2) is 52.1 Å². The summed E-state index contributed by atoms with van der Waals surface area (Å²) in [5.41, 5.74) is 6.55. The second kappa shape index (κ2) is 23.8. The number of hydrogen-bond donors (Lipinski definition) is 2. The molecule has 0 radical (unpaired) electrons. The third-order valence-corrected chi connectivity index (χ3v) is 11.0. The lowest BCUT2D eigenvalue weighted by Gasteiger charge is -2.21. The smallest absolute Gasteiger partial charge is 0.263 e. The Labute approximate surface area is 324 Å². The molecule has 8 nitrogen and oxygen atoms in total. The van der Waals surface area contributed by atoms with Crippen LogP contribution < -0.4 is 21.8 Å². The van der Waals surface area contributed by atoms with Crippen LogP contribution in [0.1, 0.15) is 172 Å². The van der Waals surface area contributed by atoms with Gasteiger partial charge in [-0.1, -0.05) is 96.0 Å². The fraction of sp³-hybridized carbons (Fsp3) is 0.609. The summed E-state index contributed by atoms with van der Waals surface area (Å²) in [6, 6.07) is 14.2. The molecule has 3 aromatic rings. The van der Waals surface area contributed by atoms with E-state index < -0.39 is 0 Å². The zero-order valence-electron chi connectivity index (χ0n) is 33.7. The van der Waals surface area contributed by atoms with E-state index in [1.54, 1.807) is 0 Å². The first kappa shape index (κ1) is 42.8. The second-order valence-corrected chi connectivity index (χ2v) is 15.3. The SMILES string of the molecule is CCCCNC(=O)c1cc2c(n(CCCC)c1=O)CCCCCC2.CCCCn1c2c(cc(C(=O)NCCCCc3ccccc3)c1=O)CCCCCC2. The van der Waals surface area contributed by atoms with Gasteiger partial charge in [-0.2, -0.15) is 0 Å². The molecule has 0 unspecified atom stereocenters. The number of carbonyl (C=O) groups excluding carboxylic acids is 2. The first-order valence-electron chi connectivity index (χ1n) is 21.5. The Hall–Kier alpha value is -3.94. The van der Waals surface area contributed by atoms with Gasteiger partial charge < -0.3 is 19.8 Å². The average molecular weight is 741 g/mol. The minimum absolute atomic E-state index is 0.100. The summed E-state index contributed by atoms with van der Waals surface area (Å²) >= 11 is 0. The highest BCUT2D eigenvalue weighted by molar-refractivity contribution is 5.94. The number of pyridine rings is 2. The van der Waals surface area contributed by atoms with Crippen LogP contribution in [0.5, 0.6) is 0 Å². The van der Waals surface area contributed by atoms with E-state index in [1.807, 2.05) is 27.3 Å². The number of fused-ring (bicyclic) bond motifs is 2. The van der Waals surface area contributed by atoms with E-state index in [0.29, 0.717) is 24.2 Å². The Morgan fingerprint density at radius 1 is 0.556 bits per heavy atom. The molecule has 0 saturated heterocycles. The average Bonchev–Trinajstić information content (AvgIpc) is 3.15. The molecule has 2 amide bonds. The van der Waals surface area contributed by atoms with Gasteiger partial charge in [0.2, 0.25) is 0 Å². The van der Waals surface area contributed by atoms with Crippen molar-refractivity contribution in [1.29, 1.82) is 0 Å². The zero-order chi connectivity index (χ0) is 38.5. The quantitative estimate of drug-likeness (QED) is 0.143.